The summed E-state index contributed by atoms with van der Waals surface area (Å²) >= 11 is 0. The minimum Gasteiger partial charge on any atom is -0.396 e. The van der Waals surface area contributed by atoms with Gasteiger partial charge in [-0.2, -0.15) is 0 Å². The molecule has 0 spiro atoms. The van der Waals surface area contributed by atoms with Crippen molar-refractivity contribution in [3.8, 4) is 0 Å². The van der Waals surface area contributed by atoms with Crippen molar-refractivity contribution >= 4 is 17.4 Å². The molecule has 0 fully saturated rings. The molecule has 76 valence electrons. The molecule has 0 atom stereocenters. The highest BCUT2D eigenvalue weighted by molar-refractivity contribution is 5.95. The third-order valence-electron chi connectivity index (χ3n) is 1.96. The molecule has 1 rings (SSSR count). The van der Waals surface area contributed by atoms with Crippen molar-refractivity contribution in [3.05, 3.63) is 18.3 Å². The van der Waals surface area contributed by atoms with Crippen LogP contribution in [0.25, 0.3) is 0 Å². The van der Waals surface area contributed by atoms with Crippen molar-refractivity contribution in [2.45, 2.75) is 13.8 Å². The Morgan fingerprint density at radius 3 is 2.71 bits per heavy atom. The summed E-state index contributed by atoms with van der Waals surface area (Å²) in [5.41, 5.74) is 6.22. The molecular weight excluding hydrogens is 178 g/mol. The number of rotatable bonds is 2. The van der Waals surface area contributed by atoms with E-state index in [9.17, 15) is 4.79 Å². The number of carbonyl (C=O) groups excluding carboxylic acids is 1. The number of anilines is 2. The zero-order chi connectivity index (χ0) is 10.7. The normalized spacial score (nSPS) is 10.3. The van der Waals surface area contributed by atoms with Gasteiger partial charge in [0.05, 0.1) is 5.69 Å². The number of amides is 1. The Kier molecular flexibility index (Phi) is 3.06. The first kappa shape index (κ1) is 10.5. The fraction of sp³-hybridized carbons (Fsp3) is 0.400. The summed E-state index contributed by atoms with van der Waals surface area (Å²) in [5, 5.41) is 0. The topological polar surface area (TPSA) is 59.2 Å². The largest absolute Gasteiger partial charge is 0.396 e. The molecule has 0 bridgehead atoms. The van der Waals surface area contributed by atoms with Crippen LogP contribution >= 0.6 is 0 Å². The molecule has 0 saturated heterocycles. The van der Waals surface area contributed by atoms with E-state index in [4.69, 9.17) is 5.73 Å². The van der Waals surface area contributed by atoms with Gasteiger partial charge in [0.15, 0.2) is 5.82 Å². The molecule has 14 heavy (non-hydrogen) atoms. The van der Waals surface area contributed by atoms with Crippen molar-refractivity contribution in [1.29, 1.82) is 0 Å². The average Bonchev–Trinajstić information content (AvgIpc) is 2.16. The first-order chi connectivity index (χ1) is 6.54. The predicted octanol–water partition coefficient (Wildman–Crippen LogP) is 1.28. The summed E-state index contributed by atoms with van der Waals surface area (Å²) in [7, 11) is 1.68. The molecule has 0 radical (unpaired) electrons. The van der Waals surface area contributed by atoms with E-state index in [0.29, 0.717) is 11.5 Å². The van der Waals surface area contributed by atoms with Gasteiger partial charge in [0.25, 0.3) is 0 Å². The molecule has 1 aromatic heterocycles. The van der Waals surface area contributed by atoms with Gasteiger partial charge >= 0.3 is 0 Å². The van der Waals surface area contributed by atoms with Gasteiger partial charge in [-0.05, 0) is 12.1 Å². The lowest BCUT2D eigenvalue weighted by Crippen LogP contribution is -2.31. The van der Waals surface area contributed by atoms with Crippen LogP contribution in [0.2, 0.25) is 0 Å². The van der Waals surface area contributed by atoms with Gasteiger partial charge in [-0.3, -0.25) is 9.69 Å². The van der Waals surface area contributed by atoms with Gasteiger partial charge in [-0.25, -0.2) is 4.98 Å². The number of carbonyl (C=O) groups is 1. The minimum absolute atomic E-state index is 0.00963. The summed E-state index contributed by atoms with van der Waals surface area (Å²) in [5.74, 6) is 0.475. The first-order valence-corrected chi connectivity index (χ1v) is 4.52. The van der Waals surface area contributed by atoms with E-state index in [0.717, 1.165) is 0 Å². The fourth-order valence-corrected chi connectivity index (χ4v) is 1.18. The Labute approximate surface area is 83.7 Å². The summed E-state index contributed by atoms with van der Waals surface area (Å²) in [6.07, 6.45) is 1.62. The number of nitrogens with two attached hydrogens (primary N) is 1. The Bertz CT molecular complexity index is 336. The first-order valence-electron chi connectivity index (χ1n) is 4.52. The average molecular weight is 193 g/mol. The van der Waals surface area contributed by atoms with Crippen LogP contribution in [0.5, 0.6) is 0 Å². The van der Waals surface area contributed by atoms with Gasteiger partial charge in [0.1, 0.15) is 0 Å². The van der Waals surface area contributed by atoms with Crippen LogP contribution in [-0.2, 0) is 4.79 Å². The van der Waals surface area contributed by atoms with Crippen molar-refractivity contribution in [1.82, 2.24) is 4.98 Å². The molecule has 0 aliphatic carbocycles. The standard InChI is InChI=1S/C10H15N3O/c1-7(2)10(14)13(3)9-8(11)5-4-6-12-9/h4-7H,11H2,1-3H3. The second kappa shape index (κ2) is 4.09. The highest BCUT2D eigenvalue weighted by Gasteiger charge is 2.16. The van der Waals surface area contributed by atoms with E-state index in [1.807, 2.05) is 13.8 Å². The number of hydrogen-bond donors (Lipinski definition) is 1. The van der Waals surface area contributed by atoms with E-state index in [2.05, 4.69) is 4.98 Å². The number of nitrogen functional groups attached to an aromatic ring is 1. The highest BCUT2D eigenvalue weighted by atomic mass is 16.2. The summed E-state index contributed by atoms with van der Waals surface area (Å²) in [6.45, 7) is 3.69. The van der Waals surface area contributed by atoms with Crippen LogP contribution < -0.4 is 10.6 Å². The Hall–Kier alpha value is -1.58. The SMILES string of the molecule is CC(C)C(=O)N(C)c1ncccc1N. The van der Waals surface area contributed by atoms with Gasteiger partial charge in [-0.15, -0.1) is 0 Å². The van der Waals surface area contributed by atoms with E-state index in [-0.39, 0.29) is 11.8 Å². The second-order valence-corrected chi connectivity index (χ2v) is 3.47. The molecule has 0 aliphatic rings. The fourth-order valence-electron chi connectivity index (χ4n) is 1.18. The molecule has 2 N–H and O–H groups in total. The molecule has 1 heterocycles. The smallest absolute Gasteiger partial charge is 0.230 e. The molecule has 4 nitrogen and oxygen atoms in total. The lowest BCUT2D eigenvalue weighted by molar-refractivity contribution is -0.121. The Morgan fingerprint density at radius 1 is 1.57 bits per heavy atom. The van der Waals surface area contributed by atoms with Crippen molar-refractivity contribution in [2.75, 3.05) is 17.7 Å². The zero-order valence-electron chi connectivity index (χ0n) is 8.69. The monoisotopic (exact) mass is 193 g/mol. The van der Waals surface area contributed by atoms with E-state index >= 15 is 0 Å². The van der Waals surface area contributed by atoms with Crippen LogP contribution in [0.4, 0.5) is 11.5 Å². The van der Waals surface area contributed by atoms with E-state index < -0.39 is 0 Å². The third kappa shape index (κ3) is 2.02. The van der Waals surface area contributed by atoms with Gasteiger partial charge < -0.3 is 5.73 Å². The zero-order valence-corrected chi connectivity index (χ0v) is 8.69. The Morgan fingerprint density at radius 2 is 2.21 bits per heavy atom. The summed E-state index contributed by atoms with van der Waals surface area (Å²) < 4.78 is 0. The van der Waals surface area contributed by atoms with Crippen LogP contribution in [-0.4, -0.2) is 17.9 Å². The van der Waals surface area contributed by atoms with Gasteiger partial charge in [0.2, 0.25) is 5.91 Å². The maximum absolute atomic E-state index is 11.6. The number of nitrogens with zero attached hydrogens (tertiary/aromatic N) is 2. The van der Waals surface area contributed by atoms with Crippen LogP contribution in [0, 0.1) is 5.92 Å². The van der Waals surface area contributed by atoms with Crippen LogP contribution in [0.15, 0.2) is 18.3 Å². The maximum Gasteiger partial charge on any atom is 0.230 e. The summed E-state index contributed by atoms with van der Waals surface area (Å²) in [6, 6.07) is 3.47. The quantitative estimate of drug-likeness (QED) is 0.769. The second-order valence-electron chi connectivity index (χ2n) is 3.47. The molecule has 1 aromatic rings. The predicted molar refractivity (Wildman–Crippen MR) is 56.9 cm³/mol. The van der Waals surface area contributed by atoms with Gasteiger partial charge in [-0.1, -0.05) is 13.8 Å². The highest BCUT2D eigenvalue weighted by Crippen LogP contribution is 2.18. The van der Waals surface area contributed by atoms with E-state index in [1.54, 1.807) is 25.4 Å². The molecule has 0 aliphatic heterocycles. The minimum atomic E-state index is -0.0543. The molecule has 0 aromatic carbocycles. The third-order valence-corrected chi connectivity index (χ3v) is 1.96. The van der Waals surface area contributed by atoms with Crippen molar-refractivity contribution in [2.24, 2.45) is 5.92 Å². The maximum atomic E-state index is 11.6. The van der Waals surface area contributed by atoms with E-state index in [1.165, 1.54) is 4.90 Å². The number of aromatic nitrogens is 1. The molecule has 0 unspecified atom stereocenters. The van der Waals surface area contributed by atoms with Crippen molar-refractivity contribution in [3.63, 3.8) is 0 Å². The molecule has 4 heteroatoms. The number of hydrogen-bond acceptors (Lipinski definition) is 3. The van der Waals surface area contributed by atoms with Crippen molar-refractivity contribution < 1.29 is 4.79 Å². The summed E-state index contributed by atoms with van der Waals surface area (Å²) in [4.78, 5) is 17.2. The van der Waals surface area contributed by atoms with Crippen LogP contribution in [0.3, 0.4) is 0 Å². The van der Waals surface area contributed by atoms with Gasteiger partial charge in [0, 0.05) is 19.2 Å². The lowest BCUT2D eigenvalue weighted by atomic mass is 10.2. The molecule has 1 amide bonds. The number of pyridine rings is 1. The Balaban J connectivity index is 2.95. The molecule has 0 saturated carbocycles. The lowest BCUT2D eigenvalue weighted by Gasteiger charge is -2.19. The van der Waals surface area contributed by atoms with Crippen LogP contribution in [0.1, 0.15) is 13.8 Å². The molecular formula is C10H15N3O.